The van der Waals surface area contributed by atoms with E-state index in [2.05, 4.69) is 26.2 Å². The second kappa shape index (κ2) is 5.81. The van der Waals surface area contributed by atoms with Crippen LogP contribution in [0.5, 0.6) is 0 Å². The Balaban J connectivity index is 1.47. The zero-order valence-electron chi connectivity index (χ0n) is 12.4. The molecule has 0 atom stereocenters. The Labute approximate surface area is 142 Å². The average molecular weight is 371 g/mol. The summed E-state index contributed by atoms with van der Waals surface area (Å²) in [5.41, 5.74) is 3.30. The summed E-state index contributed by atoms with van der Waals surface area (Å²) in [5, 5.41) is 2.92. The van der Waals surface area contributed by atoms with Crippen LogP contribution in [-0.2, 0) is 11.2 Å². The van der Waals surface area contributed by atoms with Gasteiger partial charge < -0.3 is 9.73 Å². The molecule has 3 aromatic rings. The normalized spacial score (nSPS) is 14.1. The maximum absolute atomic E-state index is 12.2. The van der Waals surface area contributed by atoms with Gasteiger partial charge in [-0.1, -0.05) is 28.1 Å². The third-order valence-corrected chi connectivity index (χ3v) is 4.42. The molecule has 1 aromatic heterocycles. The number of amides is 1. The average Bonchev–Trinajstić information content (AvgIpc) is 3.29. The second-order valence-electron chi connectivity index (χ2n) is 5.86. The zero-order valence-corrected chi connectivity index (χ0v) is 14.0. The number of halogens is 1. The van der Waals surface area contributed by atoms with E-state index in [0.29, 0.717) is 12.3 Å². The maximum Gasteiger partial charge on any atom is 0.228 e. The van der Waals surface area contributed by atoms with E-state index in [0.717, 1.165) is 45.6 Å². The van der Waals surface area contributed by atoms with Gasteiger partial charge in [0.1, 0.15) is 5.52 Å². The number of carbonyl (C=O) groups excluding carboxylic acids is 1. The van der Waals surface area contributed by atoms with Crippen molar-refractivity contribution in [2.24, 2.45) is 0 Å². The number of rotatable bonds is 4. The molecule has 116 valence electrons. The largest absolute Gasteiger partial charge is 0.440 e. The van der Waals surface area contributed by atoms with Crippen LogP contribution >= 0.6 is 15.9 Å². The highest BCUT2D eigenvalue weighted by Gasteiger charge is 2.28. The molecule has 1 heterocycles. The van der Waals surface area contributed by atoms with Crippen molar-refractivity contribution in [2.75, 3.05) is 5.32 Å². The third-order valence-electron chi connectivity index (χ3n) is 3.89. The zero-order chi connectivity index (χ0) is 15.8. The van der Waals surface area contributed by atoms with E-state index in [9.17, 15) is 4.79 Å². The number of nitrogens with zero attached hydrogens (tertiary/aromatic N) is 1. The molecule has 1 aliphatic rings. The van der Waals surface area contributed by atoms with Gasteiger partial charge in [0.15, 0.2) is 11.5 Å². The molecule has 4 nitrogen and oxygen atoms in total. The van der Waals surface area contributed by atoms with Crippen molar-refractivity contribution in [2.45, 2.75) is 25.2 Å². The number of aromatic nitrogens is 1. The Hall–Kier alpha value is -2.14. The molecule has 5 heteroatoms. The molecule has 1 saturated carbocycles. The van der Waals surface area contributed by atoms with Crippen LogP contribution < -0.4 is 5.32 Å². The van der Waals surface area contributed by atoms with Crippen molar-refractivity contribution in [1.82, 2.24) is 4.98 Å². The lowest BCUT2D eigenvalue weighted by Gasteiger charge is -2.05. The van der Waals surface area contributed by atoms with Crippen LogP contribution in [0.4, 0.5) is 5.69 Å². The summed E-state index contributed by atoms with van der Waals surface area (Å²) in [7, 11) is 0. The molecule has 1 amide bonds. The lowest BCUT2D eigenvalue weighted by molar-refractivity contribution is -0.115. The summed E-state index contributed by atoms with van der Waals surface area (Å²) < 4.78 is 6.73. The summed E-state index contributed by atoms with van der Waals surface area (Å²) >= 11 is 3.39. The SMILES string of the molecule is O=C(Cc1ccc(Br)cc1)Nc1ccc2oc(C3CC3)nc2c1. The summed E-state index contributed by atoms with van der Waals surface area (Å²) in [4.78, 5) is 16.7. The van der Waals surface area contributed by atoms with Gasteiger partial charge in [-0.15, -0.1) is 0 Å². The van der Waals surface area contributed by atoms with Crippen LogP contribution in [0, 0.1) is 0 Å². The Morgan fingerprint density at radius 3 is 2.74 bits per heavy atom. The minimum atomic E-state index is -0.0439. The number of benzene rings is 2. The van der Waals surface area contributed by atoms with Crippen LogP contribution in [0.15, 0.2) is 51.4 Å². The maximum atomic E-state index is 12.2. The van der Waals surface area contributed by atoms with Gasteiger partial charge >= 0.3 is 0 Å². The topological polar surface area (TPSA) is 55.1 Å². The van der Waals surface area contributed by atoms with Gasteiger partial charge in [0, 0.05) is 16.1 Å². The predicted octanol–water partition coefficient (Wildman–Crippen LogP) is 4.65. The quantitative estimate of drug-likeness (QED) is 0.727. The molecule has 1 fully saturated rings. The van der Waals surface area contributed by atoms with Gasteiger partial charge in [-0.2, -0.15) is 0 Å². The fourth-order valence-corrected chi connectivity index (χ4v) is 2.79. The van der Waals surface area contributed by atoms with Gasteiger partial charge in [-0.05, 0) is 48.7 Å². The molecule has 0 saturated heterocycles. The first-order valence-electron chi connectivity index (χ1n) is 7.62. The van der Waals surface area contributed by atoms with Crippen LogP contribution in [0.25, 0.3) is 11.1 Å². The first-order chi connectivity index (χ1) is 11.2. The minimum absolute atomic E-state index is 0.0439. The van der Waals surface area contributed by atoms with Crippen molar-refractivity contribution in [3.05, 3.63) is 58.4 Å². The molecule has 0 aliphatic heterocycles. The molecule has 1 N–H and O–H groups in total. The van der Waals surface area contributed by atoms with E-state index in [1.165, 1.54) is 0 Å². The van der Waals surface area contributed by atoms with Crippen molar-refractivity contribution >= 4 is 38.6 Å². The molecule has 2 aromatic carbocycles. The highest BCUT2D eigenvalue weighted by molar-refractivity contribution is 9.10. The van der Waals surface area contributed by atoms with Gasteiger partial charge in [-0.3, -0.25) is 4.79 Å². The fraction of sp³-hybridized carbons (Fsp3) is 0.222. The van der Waals surface area contributed by atoms with E-state index in [4.69, 9.17) is 4.42 Å². The number of nitrogens with one attached hydrogen (secondary N) is 1. The molecule has 0 unspecified atom stereocenters. The number of oxazole rings is 1. The fourth-order valence-electron chi connectivity index (χ4n) is 2.52. The summed E-state index contributed by atoms with van der Waals surface area (Å²) in [6.45, 7) is 0. The van der Waals surface area contributed by atoms with Crippen LogP contribution in [0.3, 0.4) is 0 Å². The first-order valence-corrected chi connectivity index (χ1v) is 8.41. The summed E-state index contributed by atoms with van der Waals surface area (Å²) in [5.74, 6) is 1.26. The van der Waals surface area contributed by atoms with Gasteiger partial charge in [-0.25, -0.2) is 4.98 Å². The third kappa shape index (κ3) is 3.29. The van der Waals surface area contributed by atoms with Gasteiger partial charge in [0.05, 0.1) is 6.42 Å². The predicted molar refractivity (Wildman–Crippen MR) is 92.5 cm³/mol. The van der Waals surface area contributed by atoms with Crippen LogP contribution in [0.1, 0.15) is 30.2 Å². The Kier molecular flexibility index (Phi) is 3.65. The number of hydrogen-bond acceptors (Lipinski definition) is 3. The monoisotopic (exact) mass is 370 g/mol. The highest BCUT2D eigenvalue weighted by Crippen LogP contribution is 2.40. The number of hydrogen-bond donors (Lipinski definition) is 1. The molecule has 4 rings (SSSR count). The molecule has 0 radical (unpaired) electrons. The number of carbonyl (C=O) groups is 1. The van der Waals surface area contributed by atoms with E-state index >= 15 is 0 Å². The molecule has 1 aliphatic carbocycles. The van der Waals surface area contributed by atoms with E-state index in [-0.39, 0.29) is 5.91 Å². The lowest BCUT2D eigenvalue weighted by atomic mass is 10.1. The molecular weight excluding hydrogens is 356 g/mol. The van der Waals surface area contributed by atoms with E-state index in [1.54, 1.807) is 0 Å². The molecule has 0 bridgehead atoms. The highest BCUT2D eigenvalue weighted by atomic mass is 79.9. The standard InChI is InChI=1S/C18H15BrN2O2/c19-13-5-1-11(2-6-13)9-17(22)20-14-7-8-16-15(10-14)21-18(23-16)12-3-4-12/h1-2,5-8,10,12H,3-4,9H2,(H,20,22). The summed E-state index contributed by atoms with van der Waals surface area (Å²) in [6, 6.07) is 13.3. The van der Waals surface area contributed by atoms with Crippen LogP contribution in [-0.4, -0.2) is 10.9 Å². The minimum Gasteiger partial charge on any atom is -0.440 e. The van der Waals surface area contributed by atoms with Crippen molar-refractivity contribution in [1.29, 1.82) is 0 Å². The van der Waals surface area contributed by atoms with Crippen molar-refractivity contribution < 1.29 is 9.21 Å². The Morgan fingerprint density at radius 2 is 2.00 bits per heavy atom. The second-order valence-corrected chi connectivity index (χ2v) is 6.78. The van der Waals surface area contributed by atoms with Gasteiger partial charge in [0.25, 0.3) is 0 Å². The molecule has 0 spiro atoms. The number of fused-ring (bicyclic) bond motifs is 1. The molecule has 23 heavy (non-hydrogen) atoms. The van der Waals surface area contributed by atoms with Gasteiger partial charge in [0.2, 0.25) is 5.91 Å². The lowest BCUT2D eigenvalue weighted by Crippen LogP contribution is -2.14. The Bertz CT molecular complexity index is 866. The van der Waals surface area contributed by atoms with Crippen molar-refractivity contribution in [3.63, 3.8) is 0 Å². The Morgan fingerprint density at radius 1 is 1.22 bits per heavy atom. The van der Waals surface area contributed by atoms with Crippen molar-refractivity contribution in [3.8, 4) is 0 Å². The van der Waals surface area contributed by atoms with E-state index in [1.807, 2.05) is 42.5 Å². The molecular formula is C18H15BrN2O2. The first kappa shape index (κ1) is 14.5. The van der Waals surface area contributed by atoms with E-state index < -0.39 is 0 Å². The summed E-state index contributed by atoms with van der Waals surface area (Å²) in [6.07, 6.45) is 2.66. The smallest absolute Gasteiger partial charge is 0.228 e. The number of anilines is 1. The van der Waals surface area contributed by atoms with Crippen LogP contribution in [0.2, 0.25) is 0 Å².